The van der Waals surface area contributed by atoms with Gasteiger partial charge in [0.05, 0.1) is 5.56 Å². The second-order valence-electron chi connectivity index (χ2n) is 7.73. The van der Waals surface area contributed by atoms with E-state index in [0.29, 0.717) is 23.3 Å². The molecule has 140 valence electrons. The number of carbonyl (C=O) groups excluding carboxylic acids is 2. The summed E-state index contributed by atoms with van der Waals surface area (Å²) in [6.07, 6.45) is 2.57. The van der Waals surface area contributed by atoms with Crippen LogP contribution in [0.3, 0.4) is 0 Å². The van der Waals surface area contributed by atoms with Crippen LogP contribution in [-0.4, -0.2) is 29.3 Å². The van der Waals surface area contributed by atoms with Gasteiger partial charge in [-0.1, -0.05) is 32.0 Å². The zero-order chi connectivity index (χ0) is 19.3. The number of aliphatic hydroxyl groups excluding tert-OH is 1. The zero-order valence-electron chi connectivity index (χ0n) is 15.6. The summed E-state index contributed by atoms with van der Waals surface area (Å²) in [5.74, 6) is -0.345. The van der Waals surface area contributed by atoms with Gasteiger partial charge >= 0.3 is 11.9 Å². The van der Waals surface area contributed by atoms with Crippen molar-refractivity contribution in [2.24, 2.45) is 11.3 Å². The maximum atomic E-state index is 12.5. The maximum Gasteiger partial charge on any atom is 0.339 e. The third-order valence-corrected chi connectivity index (χ3v) is 6.19. The number of fused-ring (bicyclic) bond motifs is 2. The van der Waals surface area contributed by atoms with E-state index >= 15 is 0 Å². The van der Waals surface area contributed by atoms with Crippen molar-refractivity contribution in [1.82, 2.24) is 0 Å². The largest absolute Gasteiger partial charge is 0.455 e. The predicted molar refractivity (Wildman–Crippen MR) is 98.5 cm³/mol. The van der Waals surface area contributed by atoms with Crippen molar-refractivity contribution in [3.05, 3.63) is 70.5 Å². The number of hydrogen-bond donors (Lipinski definition) is 1. The van der Waals surface area contributed by atoms with Crippen LogP contribution in [0.4, 0.5) is 0 Å². The van der Waals surface area contributed by atoms with E-state index < -0.39 is 18.2 Å². The molecular weight excluding hydrogens is 344 g/mol. The molecule has 4 atom stereocenters. The molecule has 1 aromatic rings. The molecule has 0 unspecified atom stereocenters. The van der Waals surface area contributed by atoms with Gasteiger partial charge in [-0.3, -0.25) is 0 Å². The molecule has 1 aromatic carbocycles. The smallest absolute Gasteiger partial charge is 0.339 e. The highest BCUT2D eigenvalue weighted by Gasteiger charge is 2.50. The summed E-state index contributed by atoms with van der Waals surface area (Å²) in [7, 11) is 0. The highest BCUT2D eigenvalue weighted by atomic mass is 16.6. The number of allylic oxidation sites excluding steroid dienone is 3. The summed E-state index contributed by atoms with van der Waals surface area (Å²) < 4.78 is 11.0. The number of carbonyl (C=O) groups is 2. The number of esters is 2. The molecule has 0 bridgehead atoms. The molecule has 0 amide bonds. The monoisotopic (exact) mass is 366 g/mol. The first-order chi connectivity index (χ1) is 12.8. The molecule has 0 aromatic heterocycles. The molecule has 5 heteroatoms. The molecule has 5 nitrogen and oxygen atoms in total. The van der Waals surface area contributed by atoms with Crippen LogP contribution in [0.25, 0.3) is 0 Å². The van der Waals surface area contributed by atoms with Gasteiger partial charge in [0, 0.05) is 22.5 Å². The van der Waals surface area contributed by atoms with Crippen LogP contribution in [-0.2, 0) is 14.3 Å². The molecule has 4 rings (SSSR count). The van der Waals surface area contributed by atoms with E-state index in [0.717, 1.165) is 11.1 Å². The summed E-state index contributed by atoms with van der Waals surface area (Å²) in [5.41, 5.74) is 2.52. The van der Waals surface area contributed by atoms with Gasteiger partial charge in [0.1, 0.15) is 18.0 Å². The molecule has 1 N–H and O–H groups in total. The molecule has 1 heterocycles. The van der Waals surface area contributed by atoms with E-state index in [-0.39, 0.29) is 17.3 Å². The van der Waals surface area contributed by atoms with Crippen LogP contribution in [0.15, 0.2) is 65.0 Å². The Kier molecular flexibility index (Phi) is 4.07. The number of rotatable bonds is 2. The Hall–Kier alpha value is -2.66. The van der Waals surface area contributed by atoms with E-state index in [1.165, 1.54) is 0 Å². The van der Waals surface area contributed by atoms with Crippen LogP contribution < -0.4 is 0 Å². The van der Waals surface area contributed by atoms with E-state index in [9.17, 15) is 14.7 Å². The quantitative estimate of drug-likeness (QED) is 0.813. The maximum absolute atomic E-state index is 12.5. The van der Waals surface area contributed by atoms with Crippen molar-refractivity contribution >= 4 is 11.9 Å². The average molecular weight is 366 g/mol. The first-order valence-electron chi connectivity index (χ1n) is 9.11. The topological polar surface area (TPSA) is 72.8 Å². The van der Waals surface area contributed by atoms with Crippen LogP contribution in [0.5, 0.6) is 0 Å². The normalized spacial score (nSPS) is 32.1. The number of benzene rings is 1. The Balaban J connectivity index is 1.66. The van der Waals surface area contributed by atoms with E-state index in [2.05, 4.69) is 6.92 Å². The van der Waals surface area contributed by atoms with Gasteiger partial charge in [-0.25, -0.2) is 9.59 Å². The molecule has 27 heavy (non-hydrogen) atoms. The predicted octanol–water partition coefficient (Wildman–Crippen LogP) is 3.32. The van der Waals surface area contributed by atoms with E-state index in [1.54, 1.807) is 37.3 Å². The van der Waals surface area contributed by atoms with Gasteiger partial charge in [0.2, 0.25) is 0 Å². The molecule has 0 radical (unpaired) electrons. The molecule has 0 fully saturated rings. The molecule has 2 aliphatic carbocycles. The summed E-state index contributed by atoms with van der Waals surface area (Å²) in [4.78, 5) is 24.4. The Bertz CT molecular complexity index is 908. The summed E-state index contributed by atoms with van der Waals surface area (Å²) in [6, 6.07) is 8.76. The van der Waals surface area contributed by atoms with Crippen LogP contribution >= 0.6 is 0 Å². The van der Waals surface area contributed by atoms with Gasteiger partial charge in [0.25, 0.3) is 0 Å². The van der Waals surface area contributed by atoms with Gasteiger partial charge in [-0.2, -0.15) is 0 Å². The van der Waals surface area contributed by atoms with Crippen molar-refractivity contribution in [1.29, 1.82) is 0 Å². The first-order valence-corrected chi connectivity index (χ1v) is 9.11. The molecular formula is C22H22O5. The lowest BCUT2D eigenvalue weighted by molar-refractivity contribution is -0.133. The Morgan fingerprint density at radius 1 is 1.30 bits per heavy atom. The summed E-state index contributed by atoms with van der Waals surface area (Å²) in [6.45, 7) is 5.83. The van der Waals surface area contributed by atoms with E-state index in [1.807, 2.05) is 19.1 Å². The molecule has 1 aliphatic heterocycles. The fourth-order valence-corrected chi connectivity index (χ4v) is 4.19. The zero-order valence-corrected chi connectivity index (χ0v) is 15.6. The lowest BCUT2D eigenvalue weighted by Crippen LogP contribution is -2.48. The fourth-order valence-electron chi connectivity index (χ4n) is 4.19. The van der Waals surface area contributed by atoms with Crippen molar-refractivity contribution in [3.8, 4) is 0 Å². The third-order valence-electron chi connectivity index (χ3n) is 6.19. The highest BCUT2D eigenvalue weighted by molar-refractivity contribution is 5.94. The van der Waals surface area contributed by atoms with Crippen molar-refractivity contribution in [2.75, 3.05) is 0 Å². The Morgan fingerprint density at radius 2 is 2.00 bits per heavy atom. The fraction of sp³-hybridized carbons (Fsp3) is 0.364. The second kappa shape index (κ2) is 6.20. The second-order valence-corrected chi connectivity index (χ2v) is 7.73. The lowest BCUT2D eigenvalue weighted by atomic mass is 9.60. The van der Waals surface area contributed by atoms with Crippen LogP contribution in [0.1, 0.15) is 37.6 Å². The van der Waals surface area contributed by atoms with Gasteiger partial charge in [-0.15, -0.1) is 0 Å². The van der Waals surface area contributed by atoms with Crippen LogP contribution in [0, 0.1) is 11.3 Å². The SMILES string of the molecule is CC1=C2C[C@@]3(C)C(=C[C@H](O)[C@H](OC(=O)c4ccccc4)[C@@H]3C)C=C2OC1=O. The Labute approximate surface area is 158 Å². The van der Waals surface area contributed by atoms with Crippen molar-refractivity contribution < 1.29 is 24.2 Å². The highest BCUT2D eigenvalue weighted by Crippen LogP contribution is 2.53. The Morgan fingerprint density at radius 3 is 2.70 bits per heavy atom. The van der Waals surface area contributed by atoms with Gasteiger partial charge < -0.3 is 14.6 Å². The molecule has 0 saturated heterocycles. The first kappa shape index (κ1) is 17.7. The van der Waals surface area contributed by atoms with Crippen molar-refractivity contribution in [2.45, 2.75) is 39.4 Å². The van der Waals surface area contributed by atoms with Gasteiger partial charge in [-0.05, 0) is 43.2 Å². The minimum atomic E-state index is -0.920. The summed E-state index contributed by atoms with van der Waals surface area (Å²) in [5, 5.41) is 10.6. The van der Waals surface area contributed by atoms with E-state index in [4.69, 9.17) is 9.47 Å². The molecule has 0 spiro atoms. The number of aliphatic hydroxyl groups is 1. The minimum absolute atomic E-state index is 0.144. The van der Waals surface area contributed by atoms with Crippen molar-refractivity contribution in [3.63, 3.8) is 0 Å². The number of ether oxygens (including phenoxy) is 2. The lowest BCUT2D eigenvalue weighted by Gasteiger charge is -2.47. The van der Waals surface area contributed by atoms with Crippen LogP contribution in [0.2, 0.25) is 0 Å². The minimum Gasteiger partial charge on any atom is -0.455 e. The molecule has 0 saturated carbocycles. The third kappa shape index (κ3) is 2.73. The average Bonchev–Trinajstić information content (AvgIpc) is 2.92. The standard InChI is InChI=1S/C22H22O5/c1-12-16-11-22(3)13(2)19(27-21(25)14-7-5-4-6-8-14)17(23)9-15(22)10-18(16)26-20(12)24/h4-10,13,17,19,23H,11H2,1-3H3/t13-,17-,19+,22+/m0/s1. The van der Waals surface area contributed by atoms with Gasteiger partial charge in [0.15, 0.2) is 0 Å². The summed E-state index contributed by atoms with van der Waals surface area (Å²) >= 11 is 0. The number of hydrogen-bond acceptors (Lipinski definition) is 5. The molecule has 3 aliphatic rings.